The van der Waals surface area contributed by atoms with Crippen molar-refractivity contribution >= 4 is 17.5 Å². The molecular formula is C50H50N2O7. The summed E-state index contributed by atoms with van der Waals surface area (Å²) >= 11 is 0. The Labute approximate surface area is 346 Å². The molecule has 0 aliphatic heterocycles. The number of carbonyl (C=O) groups is 3. The number of ketones is 2. The number of nitrogens with two attached hydrogens (primary N) is 1. The summed E-state index contributed by atoms with van der Waals surface area (Å²) in [5.41, 5.74) is 10.6. The van der Waals surface area contributed by atoms with E-state index in [1.54, 1.807) is 37.4 Å². The lowest BCUT2D eigenvalue weighted by atomic mass is 9.77. The van der Waals surface area contributed by atoms with Crippen molar-refractivity contribution in [1.82, 2.24) is 5.32 Å². The van der Waals surface area contributed by atoms with Crippen LogP contribution in [0.25, 0.3) is 11.1 Å². The van der Waals surface area contributed by atoms with Crippen molar-refractivity contribution in [2.75, 3.05) is 33.4 Å². The van der Waals surface area contributed by atoms with E-state index < -0.39 is 11.5 Å². The van der Waals surface area contributed by atoms with E-state index in [9.17, 15) is 14.4 Å². The molecule has 9 heteroatoms. The Morgan fingerprint density at radius 3 is 1.71 bits per heavy atom. The fourth-order valence-electron chi connectivity index (χ4n) is 6.87. The number of rotatable bonds is 22. The predicted molar refractivity (Wildman–Crippen MR) is 230 cm³/mol. The average Bonchev–Trinajstić information content (AvgIpc) is 3.30. The molecule has 0 heterocycles. The third kappa shape index (κ3) is 11.5. The summed E-state index contributed by atoms with van der Waals surface area (Å²) in [5.74, 6) is 1.04. The van der Waals surface area contributed by atoms with Crippen LogP contribution in [0, 0.1) is 0 Å². The highest BCUT2D eigenvalue weighted by Gasteiger charge is 2.35. The monoisotopic (exact) mass is 790 g/mol. The molecule has 6 aromatic carbocycles. The van der Waals surface area contributed by atoms with Crippen LogP contribution in [0.5, 0.6) is 17.2 Å². The molecular weight excluding hydrogens is 741 g/mol. The van der Waals surface area contributed by atoms with E-state index in [0.717, 1.165) is 33.6 Å². The normalized spacial score (nSPS) is 11.1. The van der Waals surface area contributed by atoms with Crippen molar-refractivity contribution in [3.63, 3.8) is 0 Å². The standard InChI is InChI=1S/C50H50N2O7/c1-56-46-27-23-43(24-28-46)50(41-15-7-3-8-16-41,42-17-9-4-10-18-42)52-30-12-20-45(54)36-58-48-32-39(31-40(33-48)49(55)59-34-37-13-5-2-6-14-37)38-21-25-47(26-22-38)57-35-44(53)19-11-29-51/h2-10,13-18,21-28,31-33,52H,11-12,19-20,29-30,34-36,51H2,1H3. The second kappa shape index (κ2) is 21.3. The van der Waals surface area contributed by atoms with Gasteiger partial charge in [0.1, 0.15) is 37.1 Å². The predicted octanol–water partition coefficient (Wildman–Crippen LogP) is 8.72. The van der Waals surface area contributed by atoms with Gasteiger partial charge in [0, 0.05) is 12.8 Å². The Bertz CT molecular complexity index is 2210. The molecule has 9 nitrogen and oxygen atoms in total. The average molecular weight is 791 g/mol. The first-order valence-corrected chi connectivity index (χ1v) is 19.8. The first-order valence-electron chi connectivity index (χ1n) is 19.8. The zero-order valence-corrected chi connectivity index (χ0v) is 33.3. The molecule has 6 aromatic rings. The lowest BCUT2D eigenvalue weighted by molar-refractivity contribution is -0.121. The molecule has 0 aromatic heterocycles. The molecule has 0 saturated heterocycles. The van der Waals surface area contributed by atoms with E-state index in [2.05, 4.69) is 41.7 Å². The molecule has 302 valence electrons. The summed E-state index contributed by atoms with van der Waals surface area (Å²) in [6, 6.07) is 50.4. The van der Waals surface area contributed by atoms with Crippen molar-refractivity contribution in [3.8, 4) is 28.4 Å². The van der Waals surface area contributed by atoms with Gasteiger partial charge in [0.2, 0.25) is 0 Å². The van der Waals surface area contributed by atoms with Crippen LogP contribution < -0.4 is 25.3 Å². The third-order valence-corrected chi connectivity index (χ3v) is 9.96. The van der Waals surface area contributed by atoms with E-state index in [1.165, 1.54) is 0 Å². The number of esters is 1. The number of hydrogen-bond acceptors (Lipinski definition) is 9. The molecule has 0 saturated carbocycles. The van der Waals surface area contributed by atoms with Gasteiger partial charge in [-0.15, -0.1) is 0 Å². The van der Waals surface area contributed by atoms with E-state index in [4.69, 9.17) is 24.7 Å². The lowest BCUT2D eigenvalue weighted by Gasteiger charge is -2.37. The number of benzene rings is 6. The molecule has 3 N–H and O–H groups in total. The quantitative estimate of drug-likeness (QED) is 0.0395. The largest absolute Gasteiger partial charge is 0.497 e. The van der Waals surface area contributed by atoms with Crippen molar-refractivity contribution in [3.05, 3.63) is 186 Å². The molecule has 6 rings (SSSR count). The minimum atomic E-state index is -0.688. The van der Waals surface area contributed by atoms with E-state index in [-0.39, 0.29) is 43.4 Å². The SMILES string of the molecule is COc1ccc(C(NCCCC(=O)COc2cc(C(=O)OCc3ccccc3)cc(-c3ccc(OCC(=O)CCCN)cc3)c2)(c2ccccc2)c2ccccc2)cc1. The molecule has 0 radical (unpaired) electrons. The molecule has 0 bridgehead atoms. The van der Waals surface area contributed by atoms with Gasteiger partial charge in [0.15, 0.2) is 11.6 Å². The van der Waals surface area contributed by atoms with Gasteiger partial charge in [-0.3, -0.25) is 14.9 Å². The maximum Gasteiger partial charge on any atom is 0.338 e. The first kappa shape index (κ1) is 42.1. The molecule has 0 fully saturated rings. The zero-order chi connectivity index (χ0) is 41.3. The van der Waals surface area contributed by atoms with Crippen LogP contribution >= 0.6 is 0 Å². The smallest absolute Gasteiger partial charge is 0.338 e. The fraction of sp³-hybridized carbons (Fsp3) is 0.220. The maximum atomic E-state index is 13.4. The van der Waals surface area contributed by atoms with Gasteiger partial charge in [0.05, 0.1) is 18.2 Å². The summed E-state index contributed by atoms with van der Waals surface area (Å²) in [6.07, 6.45) is 1.83. The summed E-state index contributed by atoms with van der Waals surface area (Å²) in [6.45, 7) is 0.891. The summed E-state index contributed by atoms with van der Waals surface area (Å²) in [5, 5.41) is 3.83. The Balaban J connectivity index is 1.14. The highest BCUT2D eigenvalue weighted by molar-refractivity contribution is 5.92. The van der Waals surface area contributed by atoms with Crippen molar-refractivity contribution < 1.29 is 33.3 Å². The van der Waals surface area contributed by atoms with Crippen LogP contribution in [0.2, 0.25) is 0 Å². The van der Waals surface area contributed by atoms with Gasteiger partial charge >= 0.3 is 5.97 Å². The highest BCUT2D eigenvalue weighted by Crippen LogP contribution is 2.37. The molecule has 0 aliphatic rings. The van der Waals surface area contributed by atoms with Gasteiger partial charge < -0.3 is 24.7 Å². The summed E-state index contributed by atoms with van der Waals surface area (Å²) in [4.78, 5) is 38.8. The second-order valence-corrected chi connectivity index (χ2v) is 14.1. The van der Waals surface area contributed by atoms with Crippen LogP contribution in [-0.4, -0.2) is 50.9 Å². The molecule has 0 aliphatic carbocycles. The summed E-state index contributed by atoms with van der Waals surface area (Å²) < 4.78 is 22.9. The van der Waals surface area contributed by atoms with Crippen molar-refractivity contribution in [2.24, 2.45) is 5.73 Å². The van der Waals surface area contributed by atoms with Crippen LogP contribution in [0.4, 0.5) is 0 Å². The minimum Gasteiger partial charge on any atom is -0.497 e. The number of hydrogen-bond donors (Lipinski definition) is 2. The second-order valence-electron chi connectivity index (χ2n) is 14.1. The Morgan fingerprint density at radius 1 is 0.576 bits per heavy atom. The van der Waals surface area contributed by atoms with Crippen molar-refractivity contribution in [2.45, 2.75) is 37.8 Å². The number of ether oxygens (including phenoxy) is 4. The Hall–Kier alpha value is -6.55. The number of Topliss-reactive ketones (excluding diaryl/α,β-unsaturated/α-hetero) is 2. The Morgan fingerprint density at radius 2 is 1.12 bits per heavy atom. The molecule has 0 spiro atoms. The number of methoxy groups -OCH3 is 1. The Kier molecular flexibility index (Phi) is 15.2. The maximum absolute atomic E-state index is 13.4. The summed E-state index contributed by atoms with van der Waals surface area (Å²) in [7, 11) is 1.65. The molecule has 59 heavy (non-hydrogen) atoms. The van der Waals surface area contributed by atoms with Crippen LogP contribution in [0.3, 0.4) is 0 Å². The minimum absolute atomic E-state index is 0.0186. The topological polar surface area (TPSA) is 126 Å². The fourth-order valence-corrected chi connectivity index (χ4v) is 6.87. The molecule has 0 unspecified atom stereocenters. The van der Waals surface area contributed by atoms with Crippen LogP contribution in [-0.2, 0) is 26.5 Å². The molecule has 0 atom stereocenters. The zero-order valence-electron chi connectivity index (χ0n) is 33.3. The third-order valence-electron chi connectivity index (χ3n) is 9.96. The van der Waals surface area contributed by atoms with E-state index in [1.807, 2.05) is 91.0 Å². The van der Waals surface area contributed by atoms with E-state index >= 15 is 0 Å². The van der Waals surface area contributed by atoms with Crippen LogP contribution in [0.15, 0.2) is 158 Å². The van der Waals surface area contributed by atoms with Gasteiger partial charge in [-0.1, -0.05) is 115 Å². The van der Waals surface area contributed by atoms with Gasteiger partial charge in [-0.25, -0.2) is 4.79 Å². The van der Waals surface area contributed by atoms with Crippen molar-refractivity contribution in [1.29, 1.82) is 0 Å². The lowest BCUT2D eigenvalue weighted by Crippen LogP contribution is -2.45. The van der Waals surface area contributed by atoms with Gasteiger partial charge in [-0.2, -0.15) is 0 Å². The highest BCUT2D eigenvalue weighted by atomic mass is 16.5. The first-order chi connectivity index (χ1) is 28.9. The van der Waals surface area contributed by atoms with Gasteiger partial charge in [0.25, 0.3) is 0 Å². The van der Waals surface area contributed by atoms with Crippen LogP contribution in [0.1, 0.15) is 58.3 Å². The number of nitrogens with one attached hydrogen (secondary N) is 1. The number of carbonyl (C=O) groups excluding carboxylic acids is 3. The van der Waals surface area contributed by atoms with E-state index in [0.29, 0.717) is 49.4 Å². The molecule has 0 amide bonds. The van der Waals surface area contributed by atoms with Gasteiger partial charge in [-0.05, 0) is 102 Å².